The van der Waals surface area contributed by atoms with Gasteiger partial charge in [-0.1, -0.05) is 6.92 Å². The van der Waals surface area contributed by atoms with Gasteiger partial charge in [-0.3, -0.25) is 9.59 Å². The molecule has 0 aliphatic rings. The van der Waals surface area contributed by atoms with Crippen molar-refractivity contribution in [1.82, 2.24) is 10.6 Å². The fourth-order valence-corrected chi connectivity index (χ4v) is 1.31. The minimum absolute atomic E-state index is 0. The van der Waals surface area contributed by atoms with Crippen LogP contribution < -0.4 is 16.4 Å². The number of carbonyl (C=O) groups excluding carboxylic acids is 2. The van der Waals surface area contributed by atoms with Gasteiger partial charge in [-0.2, -0.15) is 0 Å². The van der Waals surface area contributed by atoms with Crippen molar-refractivity contribution in [3.8, 4) is 0 Å². The number of ether oxygens (including phenoxy) is 1. The Hall–Kier alpha value is -0.850. The van der Waals surface area contributed by atoms with Gasteiger partial charge >= 0.3 is 0 Å². The quantitative estimate of drug-likeness (QED) is 0.566. The van der Waals surface area contributed by atoms with Gasteiger partial charge in [0.1, 0.15) is 0 Å². The van der Waals surface area contributed by atoms with Crippen molar-refractivity contribution < 1.29 is 14.3 Å². The largest absolute Gasteiger partial charge is 0.380 e. The number of rotatable bonds is 9. The predicted octanol–water partition coefficient (Wildman–Crippen LogP) is 0.193. The summed E-state index contributed by atoms with van der Waals surface area (Å²) in [5.41, 5.74) is 5.41. The Bertz CT molecular complexity index is 261. The first-order chi connectivity index (χ1) is 8.53. The molecule has 2 unspecified atom stereocenters. The Morgan fingerprint density at radius 1 is 1.32 bits per heavy atom. The minimum Gasteiger partial charge on any atom is -0.380 e. The van der Waals surface area contributed by atoms with Crippen molar-refractivity contribution in [2.45, 2.75) is 45.3 Å². The Balaban J connectivity index is 0. The predicted molar refractivity (Wildman–Crippen MR) is 77.2 cm³/mol. The fraction of sp³-hybridized carbons (Fsp3) is 0.833. The van der Waals surface area contributed by atoms with Gasteiger partial charge in [0.15, 0.2) is 0 Å². The third kappa shape index (κ3) is 10.7. The zero-order valence-corrected chi connectivity index (χ0v) is 12.7. The maximum atomic E-state index is 11.5. The molecule has 6 nitrogen and oxygen atoms in total. The smallest absolute Gasteiger partial charge is 0.222 e. The van der Waals surface area contributed by atoms with Crippen LogP contribution in [-0.4, -0.2) is 44.2 Å². The van der Waals surface area contributed by atoms with Crippen LogP contribution in [-0.2, 0) is 14.3 Å². The summed E-state index contributed by atoms with van der Waals surface area (Å²) in [5, 5.41) is 5.50. The van der Waals surface area contributed by atoms with E-state index in [9.17, 15) is 9.59 Å². The second-order valence-corrected chi connectivity index (χ2v) is 4.27. The molecule has 0 saturated heterocycles. The second-order valence-electron chi connectivity index (χ2n) is 4.27. The van der Waals surface area contributed by atoms with Crippen LogP contribution >= 0.6 is 12.4 Å². The summed E-state index contributed by atoms with van der Waals surface area (Å²) in [6.45, 7) is 4.59. The van der Waals surface area contributed by atoms with Crippen LogP contribution in [0.5, 0.6) is 0 Å². The van der Waals surface area contributed by atoms with Gasteiger partial charge in [0.2, 0.25) is 11.8 Å². The number of methoxy groups -OCH3 is 1. The molecule has 0 radical (unpaired) electrons. The van der Waals surface area contributed by atoms with E-state index in [0.29, 0.717) is 13.1 Å². The molecular weight excluding hydrogens is 270 g/mol. The maximum Gasteiger partial charge on any atom is 0.222 e. The highest BCUT2D eigenvalue weighted by molar-refractivity contribution is 5.85. The summed E-state index contributed by atoms with van der Waals surface area (Å²) in [7, 11) is 1.52. The van der Waals surface area contributed by atoms with Crippen molar-refractivity contribution in [2.75, 3.05) is 20.2 Å². The molecule has 0 aromatic carbocycles. The van der Waals surface area contributed by atoms with Crippen molar-refractivity contribution in [2.24, 2.45) is 5.73 Å². The van der Waals surface area contributed by atoms with E-state index in [0.717, 1.165) is 6.42 Å². The Morgan fingerprint density at radius 2 is 1.95 bits per heavy atom. The molecule has 0 bridgehead atoms. The summed E-state index contributed by atoms with van der Waals surface area (Å²) >= 11 is 0. The molecular formula is C12H26ClN3O3. The lowest BCUT2D eigenvalue weighted by molar-refractivity contribution is -0.124. The fourth-order valence-electron chi connectivity index (χ4n) is 1.31. The number of carbonyl (C=O) groups is 2. The topological polar surface area (TPSA) is 93.5 Å². The summed E-state index contributed by atoms with van der Waals surface area (Å²) in [4.78, 5) is 22.9. The van der Waals surface area contributed by atoms with Crippen molar-refractivity contribution >= 4 is 24.2 Å². The number of hydrogen-bond donors (Lipinski definition) is 3. The molecule has 0 spiro atoms. The number of halogens is 1. The zero-order chi connectivity index (χ0) is 14.0. The molecule has 4 N–H and O–H groups in total. The molecule has 0 heterocycles. The number of hydrogen-bond acceptors (Lipinski definition) is 4. The lowest BCUT2D eigenvalue weighted by atomic mass is 10.2. The van der Waals surface area contributed by atoms with E-state index < -0.39 is 0 Å². The van der Waals surface area contributed by atoms with E-state index in [1.807, 2.05) is 13.8 Å². The molecule has 0 saturated carbocycles. The second kappa shape index (κ2) is 12.2. The van der Waals surface area contributed by atoms with Crippen LogP contribution in [0.15, 0.2) is 0 Å². The van der Waals surface area contributed by atoms with Crippen LogP contribution in [0.2, 0.25) is 0 Å². The highest BCUT2D eigenvalue weighted by Gasteiger charge is 2.11. The zero-order valence-electron chi connectivity index (χ0n) is 11.9. The van der Waals surface area contributed by atoms with Crippen LogP contribution in [0.4, 0.5) is 0 Å². The van der Waals surface area contributed by atoms with Gasteiger partial charge in [-0.15, -0.1) is 12.4 Å². The lowest BCUT2D eigenvalue weighted by Crippen LogP contribution is -2.36. The molecule has 0 fully saturated rings. The van der Waals surface area contributed by atoms with E-state index in [2.05, 4.69) is 10.6 Å². The molecule has 0 aliphatic heterocycles. The number of nitrogens with two attached hydrogens (primary N) is 1. The first-order valence-electron chi connectivity index (χ1n) is 6.32. The standard InChI is InChI=1S/C12H25N3O3.ClH/c1-4-9(2)15-11(16)5-6-14-12(17)7-10(8-13)18-3;/h9-10H,4-8,13H2,1-3H3,(H,14,17)(H,15,16);1H. The summed E-state index contributed by atoms with van der Waals surface area (Å²) in [6, 6.07) is 0.170. The monoisotopic (exact) mass is 295 g/mol. The molecule has 114 valence electrons. The number of amides is 2. The summed E-state index contributed by atoms with van der Waals surface area (Å²) in [5.74, 6) is -0.199. The maximum absolute atomic E-state index is 11.5. The third-order valence-electron chi connectivity index (χ3n) is 2.70. The van der Waals surface area contributed by atoms with E-state index >= 15 is 0 Å². The number of nitrogens with one attached hydrogen (secondary N) is 2. The van der Waals surface area contributed by atoms with Crippen LogP contribution in [0.25, 0.3) is 0 Å². The molecule has 2 amide bonds. The normalized spacial score (nSPS) is 13.1. The average molecular weight is 296 g/mol. The third-order valence-corrected chi connectivity index (χ3v) is 2.70. The van der Waals surface area contributed by atoms with Crippen molar-refractivity contribution in [1.29, 1.82) is 0 Å². The van der Waals surface area contributed by atoms with Gasteiger partial charge in [-0.05, 0) is 13.3 Å². The van der Waals surface area contributed by atoms with Gasteiger partial charge < -0.3 is 21.1 Å². The summed E-state index contributed by atoms with van der Waals surface area (Å²) in [6.07, 6.45) is 1.14. The van der Waals surface area contributed by atoms with Crippen LogP contribution in [0, 0.1) is 0 Å². The molecule has 0 aliphatic carbocycles. The minimum atomic E-state index is -0.265. The first-order valence-corrected chi connectivity index (χ1v) is 6.32. The lowest BCUT2D eigenvalue weighted by Gasteiger charge is -2.13. The Morgan fingerprint density at radius 3 is 2.42 bits per heavy atom. The molecule has 0 aromatic rings. The molecule has 0 aromatic heterocycles. The van der Waals surface area contributed by atoms with Crippen LogP contribution in [0.1, 0.15) is 33.1 Å². The van der Waals surface area contributed by atoms with E-state index in [1.54, 1.807) is 0 Å². The van der Waals surface area contributed by atoms with Crippen molar-refractivity contribution in [3.05, 3.63) is 0 Å². The molecule has 19 heavy (non-hydrogen) atoms. The van der Waals surface area contributed by atoms with Gasteiger partial charge in [-0.25, -0.2) is 0 Å². The van der Waals surface area contributed by atoms with E-state index in [4.69, 9.17) is 10.5 Å². The molecule has 7 heteroatoms. The van der Waals surface area contributed by atoms with Crippen LogP contribution in [0.3, 0.4) is 0 Å². The van der Waals surface area contributed by atoms with E-state index in [1.165, 1.54) is 7.11 Å². The molecule has 2 atom stereocenters. The van der Waals surface area contributed by atoms with Gasteiger partial charge in [0.05, 0.1) is 12.5 Å². The van der Waals surface area contributed by atoms with Crippen molar-refractivity contribution in [3.63, 3.8) is 0 Å². The summed E-state index contributed by atoms with van der Waals surface area (Å²) < 4.78 is 5.00. The highest BCUT2D eigenvalue weighted by atomic mass is 35.5. The Labute approximate surface area is 121 Å². The van der Waals surface area contributed by atoms with Gasteiger partial charge in [0, 0.05) is 32.7 Å². The SMILES string of the molecule is CCC(C)NC(=O)CCNC(=O)CC(CN)OC.Cl. The Kier molecular flexibility index (Phi) is 13.1. The van der Waals surface area contributed by atoms with E-state index in [-0.39, 0.29) is 49.2 Å². The first kappa shape index (κ1) is 20.5. The average Bonchev–Trinajstić information content (AvgIpc) is 2.35. The van der Waals surface area contributed by atoms with Gasteiger partial charge in [0.25, 0.3) is 0 Å². The highest BCUT2D eigenvalue weighted by Crippen LogP contribution is 1.94. The molecule has 0 rings (SSSR count).